The highest BCUT2D eigenvalue weighted by atomic mass is 35.5. The molecule has 0 spiro atoms. The van der Waals surface area contributed by atoms with Crippen molar-refractivity contribution in [1.82, 2.24) is 4.90 Å². The number of rotatable bonds is 8. The molecule has 4 rings (SSSR count). The number of hydrogen-bond donors (Lipinski definition) is 1. The smallest absolute Gasteiger partial charge is 0.283 e. The average molecular weight is 494 g/mol. The van der Waals surface area contributed by atoms with Crippen LogP contribution >= 0.6 is 11.6 Å². The molecule has 35 heavy (non-hydrogen) atoms. The molecule has 0 saturated heterocycles. The molecule has 2 aliphatic rings. The van der Waals surface area contributed by atoms with Crippen LogP contribution in [0.5, 0.6) is 0 Å². The largest absolute Gasteiger partial charge is 0.350 e. The van der Waals surface area contributed by atoms with Gasteiger partial charge in [-0.05, 0) is 61.6 Å². The maximum absolute atomic E-state index is 13.1. The summed E-state index contributed by atoms with van der Waals surface area (Å²) < 4.78 is 0. The molecule has 6 nitrogen and oxygen atoms in total. The van der Waals surface area contributed by atoms with E-state index < -0.39 is 11.8 Å². The van der Waals surface area contributed by atoms with Crippen LogP contribution in [0.25, 0.3) is 0 Å². The van der Waals surface area contributed by atoms with E-state index >= 15 is 0 Å². The Balaban J connectivity index is 1.48. The number of imide groups is 1. The summed E-state index contributed by atoms with van der Waals surface area (Å²) in [4.78, 5) is 42.0. The van der Waals surface area contributed by atoms with Gasteiger partial charge in [-0.15, -0.1) is 0 Å². The first-order valence-corrected chi connectivity index (χ1v) is 12.8. The van der Waals surface area contributed by atoms with Gasteiger partial charge >= 0.3 is 0 Å². The van der Waals surface area contributed by atoms with Gasteiger partial charge in [-0.25, -0.2) is 4.90 Å². The lowest BCUT2D eigenvalue weighted by Gasteiger charge is -2.31. The van der Waals surface area contributed by atoms with Crippen molar-refractivity contribution in [2.45, 2.75) is 64.3 Å². The number of nitrogens with zero attached hydrogens (tertiary/aromatic N) is 2. The number of carbonyl (C=O) groups excluding carboxylic acids is 3. The van der Waals surface area contributed by atoms with Gasteiger partial charge in [0.1, 0.15) is 10.7 Å². The standard InChI is InChI=1S/C28H32ClN3O3/c1-3-4-9-19-14-16-23(17-15-19)32-27(34)24(29)25(28(32)35)30-21-11-8-10-20(18-21)26(33)31(2)22-12-6-5-7-13-22/h8,10-11,14-18,22,30H,3-7,9,12-13H2,1-2H3. The molecule has 2 aromatic carbocycles. The summed E-state index contributed by atoms with van der Waals surface area (Å²) in [5, 5.41) is 2.82. The van der Waals surface area contributed by atoms with Gasteiger partial charge in [0.05, 0.1) is 5.69 Å². The lowest BCUT2D eigenvalue weighted by Crippen LogP contribution is -2.38. The van der Waals surface area contributed by atoms with Gasteiger partial charge in [-0.1, -0.05) is 62.4 Å². The van der Waals surface area contributed by atoms with Crippen LogP contribution in [0.3, 0.4) is 0 Å². The Morgan fingerprint density at radius 1 is 1.06 bits per heavy atom. The van der Waals surface area contributed by atoms with Gasteiger partial charge in [-0.2, -0.15) is 0 Å². The van der Waals surface area contributed by atoms with E-state index in [4.69, 9.17) is 11.6 Å². The molecular formula is C28H32ClN3O3. The zero-order valence-corrected chi connectivity index (χ0v) is 21.1. The summed E-state index contributed by atoms with van der Waals surface area (Å²) in [5.74, 6) is -1.14. The van der Waals surface area contributed by atoms with Crippen LogP contribution in [-0.4, -0.2) is 35.7 Å². The number of aryl methyl sites for hydroxylation is 1. The van der Waals surface area contributed by atoms with Crippen molar-refractivity contribution in [2.75, 3.05) is 17.3 Å². The Hall–Kier alpha value is -3.12. The first-order chi connectivity index (χ1) is 16.9. The van der Waals surface area contributed by atoms with E-state index in [-0.39, 0.29) is 22.7 Å². The van der Waals surface area contributed by atoms with E-state index in [9.17, 15) is 14.4 Å². The molecule has 0 radical (unpaired) electrons. The van der Waals surface area contributed by atoms with Crippen LogP contribution < -0.4 is 10.2 Å². The van der Waals surface area contributed by atoms with E-state index in [1.807, 2.05) is 24.1 Å². The zero-order valence-electron chi connectivity index (χ0n) is 20.4. The maximum atomic E-state index is 13.1. The van der Waals surface area contributed by atoms with Gasteiger partial charge in [0, 0.05) is 24.3 Å². The number of benzene rings is 2. The van der Waals surface area contributed by atoms with E-state index in [2.05, 4.69) is 12.2 Å². The number of nitrogens with one attached hydrogen (secondary N) is 1. The minimum Gasteiger partial charge on any atom is -0.350 e. The highest BCUT2D eigenvalue weighted by molar-refractivity contribution is 6.53. The van der Waals surface area contributed by atoms with Crippen molar-refractivity contribution in [3.8, 4) is 0 Å². The van der Waals surface area contributed by atoms with Crippen LogP contribution in [-0.2, 0) is 16.0 Å². The van der Waals surface area contributed by atoms with Crippen molar-refractivity contribution >= 4 is 40.7 Å². The number of anilines is 2. The highest BCUT2D eigenvalue weighted by Gasteiger charge is 2.39. The molecule has 1 fully saturated rings. The normalized spacial score (nSPS) is 16.7. The van der Waals surface area contributed by atoms with E-state index in [0.29, 0.717) is 16.9 Å². The third kappa shape index (κ3) is 5.43. The Bertz CT molecular complexity index is 1140. The Labute approximate surface area is 211 Å². The molecule has 0 atom stereocenters. The van der Waals surface area contributed by atoms with E-state index in [0.717, 1.165) is 55.4 Å². The quantitative estimate of drug-likeness (QED) is 0.467. The summed E-state index contributed by atoms with van der Waals surface area (Å²) in [6, 6.07) is 14.6. The predicted molar refractivity (Wildman–Crippen MR) is 139 cm³/mol. The first kappa shape index (κ1) is 25.0. The SMILES string of the molecule is CCCCc1ccc(N2C(=O)C(Cl)=C(Nc3cccc(C(=O)N(C)C4CCCCC4)c3)C2=O)cc1. The molecule has 0 bridgehead atoms. The predicted octanol–water partition coefficient (Wildman–Crippen LogP) is 5.87. The van der Waals surface area contributed by atoms with Crippen molar-refractivity contribution in [3.05, 3.63) is 70.4 Å². The van der Waals surface area contributed by atoms with E-state index in [1.54, 1.807) is 36.4 Å². The molecule has 1 saturated carbocycles. The molecule has 3 amide bonds. The fourth-order valence-electron chi connectivity index (χ4n) is 4.75. The second-order valence-electron chi connectivity index (χ2n) is 9.32. The molecule has 0 aromatic heterocycles. The fourth-order valence-corrected chi connectivity index (χ4v) is 4.96. The highest BCUT2D eigenvalue weighted by Crippen LogP contribution is 2.31. The second kappa shape index (κ2) is 11.1. The number of unbranched alkanes of at least 4 members (excludes halogenated alkanes) is 1. The van der Waals surface area contributed by atoms with Gasteiger partial charge < -0.3 is 10.2 Å². The Morgan fingerprint density at radius 3 is 2.46 bits per heavy atom. The van der Waals surface area contributed by atoms with Crippen molar-refractivity contribution in [2.24, 2.45) is 0 Å². The lowest BCUT2D eigenvalue weighted by molar-refractivity contribution is -0.120. The molecule has 184 valence electrons. The maximum Gasteiger partial charge on any atom is 0.283 e. The third-order valence-electron chi connectivity index (χ3n) is 6.86. The minimum atomic E-state index is -0.565. The average Bonchev–Trinajstić information content (AvgIpc) is 3.10. The lowest BCUT2D eigenvalue weighted by atomic mass is 9.94. The summed E-state index contributed by atoms with van der Waals surface area (Å²) in [5.41, 5.74) is 2.70. The number of amides is 3. The van der Waals surface area contributed by atoms with Crippen LogP contribution in [0.4, 0.5) is 11.4 Å². The van der Waals surface area contributed by atoms with Gasteiger partial charge in [-0.3, -0.25) is 14.4 Å². The molecule has 2 aromatic rings. The summed E-state index contributed by atoms with van der Waals surface area (Å²) in [6.45, 7) is 2.14. The molecular weight excluding hydrogens is 462 g/mol. The molecule has 1 heterocycles. The molecule has 7 heteroatoms. The summed E-state index contributed by atoms with van der Waals surface area (Å²) >= 11 is 6.30. The second-order valence-corrected chi connectivity index (χ2v) is 9.70. The minimum absolute atomic E-state index is 0.0111. The van der Waals surface area contributed by atoms with Crippen molar-refractivity contribution in [1.29, 1.82) is 0 Å². The van der Waals surface area contributed by atoms with Gasteiger partial charge in [0.2, 0.25) is 0 Å². The molecule has 1 N–H and O–H groups in total. The topological polar surface area (TPSA) is 69.7 Å². The third-order valence-corrected chi connectivity index (χ3v) is 7.21. The van der Waals surface area contributed by atoms with Gasteiger partial charge in [0.25, 0.3) is 17.7 Å². The van der Waals surface area contributed by atoms with Crippen molar-refractivity contribution < 1.29 is 14.4 Å². The van der Waals surface area contributed by atoms with Crippen LogP contribution in [0.1, 0.15) is 67.8 Å². The zero-order chi connectivity index (χ0) is 24.9. The molecule has 1 aliphatic heterocycles. The summed E-state index contributed by atoms with van der Waals surface area (Å²) in [6.07, 6.45) is 8.69. The summed E-state index contributed by atoms with van der Waals surface area (Å²) in [7, 11) is 1.85. The number of halogens is 1. The monoisotopic (exact) mass is 493 g/mol. The van der Waals surface area contributed by atoms with Gasteiger partial charge in [0.15, 0.2) is 0 Å². The Kier molecular flexibility index (Phi) is 7.91. The fraction of sp³-hybridized carbons (Fsp3) is 0.393. The van der Waals surface area contributed by atoms with Crippen molar-refractivity contribution in [3.63, 3.8) is 0 Å². The van der Waals surface area contributed by atoms with E-state index in [1.165, 1.54) is 6.42 Å². The number of carbonyl (C=O) groups is 3. The molecule has 0 unspecified atom stereocenters. The Morgan fingerprint density at radius 2 is 1.77 bits per heavy atom. The van der Waals surface area contributed by atoms with Crippen LogP contribution in [0.15, 0.2) is 59.3 Å². The molecule has 1 aliphatic carbocycles. The van der Waals surface area contributed by atoms with Crippen LogP contribution in [0.2, 0.25) is 0 Å². The number of hydrogen-bond acceptors (Lipinski definition) is 4. The first-order valence-electron chi connectivity index (χ1n) is 12.4. The van der Waals surface area contributed by atoms with Crippen LogP contribution in [0, 0.1) is 0 Å².